The van der Waals surface area contributed by atoms with Crippen molar-refractivity contribution >= 4 is 17.4 Å². The first-order chi connectivity index (χ1) is 16.6. The third-order valence-electron chi connectivity index (χ3n) is 5.98. The summed E-state index contributed by atoms with van der Waals surface area (Å²) in [7, 11) is 0. The monoisotopic (exact) mass is 480 g/mol. The number of nitro groups is 1. The lowest BCUT2D eigenvalue weighted by Gasteiger charge is -2.20. The van der Waals surface area contributed by atoms with Gasteiger partial charge in [-0.2, -0.15) is 0 Å². The van der Waals surface area contributed by atoms with Gasteiger partial charge in [0, 0.05) is 11.0 Å². The average molecular weight is 480 g/mol. The van der Waals surface area contributed by atoms with E-state index in [-0.39, 0.29) is 23.0 Å². The van der Waals surface area contributed by atoms with Crippen LogP contribution in [0.1, 0.15) is 50.2 Å². The van der Waals surface area contributed by atoms with Crippen molar-refractivity contribution in [2.45, 2.75) is 51.6 Å². The number of Topliss-reactive ketones (excluding diaryl/α,β-unsaturated/α-hetero) is 1. The minimum absolute atomic E-state index is 0.0861. The maximum atomic E-state index is 13.1. The van der Waals surface area contributed by atoms with Gasteiger partial charge in [0.1, 0.15) is 18.6 Å². The second kappa shape index (κ2) is 9.20. The fraction of sp³-hybridized carbons (Fsp3) is 0.391. The Hall–Kier alpha value is -4.22. The summed E-state index contributed by atoms with van der Waals surface area (Å²) in [5, 5.41) is 21.7. The minimum Gasteiger partial charge on any atom is -0.418 e. The summed E-state index contributed by atoms with van der Waals surface area (Å²) in [5.41, 5.74) is -1.46. The van der Waals surface area contributed by atoms with Crippen LogP contribution in [0.3, 0.4) is 0 Å². The van der Waals surface area contributed by atoms with Crippen molar-refractivity contribution in [3.63, 3.8) is 0 Å². The molecular formula is C23H24N6O6. The van der Waals surface area contributed by atoms with Crippen molar-refractivity contribution in [1.29, 1.82) is 0 Å². The summed E-state index contributed by atoms with van der Waals surface area (Å²) in [6, 6.07) is 7.50. The van der Waals surface area contributed by atoms with Gasteiger partial charge < -0.3 is 9.73 Å². The maximum absolute atomic E-state index is 13.1. The Morgan fingerprint density at radius 3 is 2.51 bits per heavy atom. The molecule has 0 saturated heterocycles. The zero-order valence-electron chi connectivity index (χ0n) is 19.4. The summed E-state index contributed by atoms with van der Waals surface area (Å²) in [6.45, 7) is 4.85. The molecular weight excluding hydrogens is 456 g/mol. The van der Waals surface area contributed by atoms with Crippen molar-refractivity contribution in [2.75, 3.05) is 0 Å². The van der Waals surface area contributed by atoms with Crippen LogP contribution in [0.25, 0.3) is 11.4 Å². The molecule has 0 spiro atoms. The molecule has 1 aliphatic carbocycles. The molecule has 12 heteroatoms. The lowest BCUT2D eigenvalue weighted by Crippen LogP contribution is -2.46. The number of carbonyl (C=O) groups is 2. The standard InChI is InChI=1S/C23H24N6O6/c1-13(2)17(18(31)20-26-27-22(35-20)23(3)9-10-23)25-16(30)12-28-19(14-7-5-4-6-8-14)24-11-15(21(28)32)29(33)34/h4-8,11,13,17H,9-10,12H2,1-3H3,(H,25,30)/t17-/m0/s1. The molecule has 1 fully saturated rings. The predicted molar refractivity (Wildman–Crippen MR) is 123 cm³/mol. The van der Waals surface area contributed by atoms with E-state index in [4.69, 9.17) is 4.42 Å². The van der Waals surface area contributed by atoms with E-state index in [1.54, 1.807) is 44.2 Å². The lowest BCUT2D eigenvalue weighted by atomic mass is 9.99. The van der Waals surface area contributed by atoms with E-state index in [0.29, 0.717) is 11.5 Å². The largest absolute Gasteiger partial charge is 0.418 e. The number of benzene rings is 1. The highest BCUT2D eigenvalue weighted by Gasteiger charge is 2.45. The van der Waals surface area contributed by atoms with E-state index >= 15 is 0 Å². The van der Waals surface area contributed by atoms with E-state index in [1.807, 2.05) is 6.92 Å². The number of rotatable bonds is 9. The molecule has 0 aliphatic heterocycles. The smallest absolute Gasteiger partial charge is 0.352 e. The van der Waals surface area contributed by atoms with Crippen LogP contribution in [0.2, 0.25) is 0 Å². The van der Waals surface area contributed by atoms with Crippen molar-refractivity contribution in [2.24, 2.45) is 5.92 Å². The van der Waals surface area contributed by atoms with Gasteiger partial charge in [-0.1, -0.05) is 51.1 Å². The second-order valence-corrected chi connectivity index (χ2v) is 9.11. The Labute approximate surface area is 199 Å². The number of ketones is 1. The molecule has 1 N–H and O–H groups in total. The number of carbonyl (C=O) groups excluding carboxylic acids is 2. The molecule has 0 bridgehead atoms. The molecule has 182 valence electrons. The van der Waals surface area contributed by atoms with Gasteiger partial charge in [-0.3, -0.25) is 29.1 Å². The van der Waals surface area contributed by atoms with Crippen LogP contribution in [0.15, 0.2) is 45.7 Å². The maximum Gasteiger partial charge on any atom is 0.352 e. The number of hydrogen-bond donors (Lipinski definition) is 1. The molecule has 1 amide bonds. The first-order valence-electron chi connectivity index (χ1n) is 11.1. The highest BCUT2D eigenvalue weighted by Crippen LogP contribution is 2.46. The molecule has 1 aromatic carbocycles. The summed E-state index contributed by atoms with van der Waals surface area (Å²) >= 11 is 0. The topological polar surface area (TPSA) is 163 Å². The van der Waals surface area contributed by atoms with Crippen LogP contribution >= 0.6 is 0 Å². The van der Waals surface area contributed by atoms with Gasteiger partial charge in [-0.05, 0) is 18.8 Å². The highest BCUT2D eigenvalue weighted by atomic mass is 16.6. The molecule has 2 heterocycles. The molecule has 1 aliphatic rings. The summed E-state index contributed by atoms with van der Waals surface area (Å²) < 4.78 is 6.50. The number of aromatic nitrogens is 4. The molecule has 12 nitrogen and oxygen atoms in total. The van der Waals surface area contributed by atoms with Gasteiger partial charge in [0.05, 0.1) is 11.0 Å². The zero-order valence-corrected chi connectivity index (χ0v) is 19.4. The predicted octanol–water partition coefficient (Wildman–Crippen LogP) is 2.28. The van der Waals surface area contributed by atoms with Crippen molar-refractivity contribution in [1.82, 2.24) is 25.1 Å². The van der Waals surface area contributed by atoms with Gasteiger partial charge in [0.25, 0.3) is 5.89 Å². The third kappa shape index (κ3) is 4.86. The number of amides is 1. The molecule has 1 atom stereocenters. The molecule has 35 heavy (non-hydrogen) atoms. The first kappa shape index (κ1) is 23.9. The molecule has 2 aromatic heterocycles. The van der Waals surface area contributed by atoms with E-state index in [2.05, 4.69) is 20.5 Å². The SMILES string of the molecule is CC(C)[C@H](NC(=O)Cn1c(-c2ccccc2)ncc([N+](=O)[O-])c1=O)C(=O)c1nnc(C2(C)CC2)o1. The Kier molecular flexibility index (Phi) is 6.29. The average Bonchev–Trinajstić information content (AvgIpc) is 3.37. The van der Waals surface area contributed by atoms with Crippen LogP contribution in [-0.4, -0.2) is 42.4 Å². The second-order valence-electron chi connectivity index (χ2n) is 9.11. The van der Waals surface area contributed by atoms with E-state index in [1.165, 1.54) is 0 Å². The molecule has 3 aromatic rings. The fourth-order valence-electron chi connectivity index (χ4n) is 3.57. The Morgan fingerprint density at radius 2 is 1.91 bits per heavy atom. The van der Waals surface area contributed by atoms with Gasteiger partial charge in [-0.15, -0.1) is 10.2 Å². The van der Waals surface area contributed by atoms with Crippen molar-refractivity contribution in [3.8, 4) is 11.4 Å². The molecule has 1 saturated carbocycles. The quantitative estimate of drug-likeness (QED) is 0.275. The van der Waals surface area contributed by atoms with Crippen LogP contribution < -0.4 is 10.9 Å². The van der Waals surface area contributed by atoms with Crippen LogP contribution in [-0.2, 0) is 16.8 Å². The fourth-order valence-corrected chi connectivity index (χ4v) is 3.57. The lowest BCUT2D eigenvalue weighted by molar-refractivity contribution is -0.386. The van der Waals surface area contributed by atoms with Gasteiger partial charge in [-0.25, -0.2) is 4.98 Å². The zero-order chi connectivity index (χ0) is 25.3. The Bertz CT molecular complexity index is 1340. The van der Waals surface area contributed by atoms with Gasteiger partial charge in [0.2, 0.25) is 17.6 Å². The van der Waals surface area contributed by atoms with Crippen LogP contribution in [0.4, 0.5) is 5.69 Å². The number of nitrogens with zero attached hydrogens (tertiary/aromatic N) is 5. The van der Waals surface area contributed by atoms with Crippen molar-refractivity contribution < 1.29 is 18.9 Å². The third-order valence-corrected chi connectivity index (χ3v) is 5.98. The number of hydrogen-bond acceptors (Lipinski definition) is 9. The summed E-state index contributed by atoms with van der Waals surface area (Å²) in [6.07, 6.45) is 2.65. The van der Waals surface area contributed by atoms with E-state index in [0.717, 1.165) is 23.6 Å². The summed E-state index contributed by atoms with van der Waals surface area (Å²) in [5.74, 6) is -1.32. The Morgan fingerprint density at radius 1 is 1.23 bits per heavy atom. The molecule has 0 unspecified atom stereocenters. The van der Waals surface area contributed by atoms with Gasteiger partial charge in [0.15, 0.2) is 0 Å². The first-order valence-corrected chi connectivity index (χ1v) is 11.1. The number of nitrogens with one attached hydrogen (secondary N) is 1. The Balaban J connectivity index is 1.60. The van der Waals surface area contributed by atoms with E-state index < -0.39 is 40.4 Å². The molecule has 0 radical (unpaired) electrons. The van der Waals surface area contributed by atoms with E-state index in [9.17, 15) is 24.5 Å². The minimum atomic E-state index is -1.01. The summed E-state index contributed by atoms with van der Waals surface area (Å²) in [4.78, 5) is 53.3. The highest BCUT2D eigenvalue weighted by molar-refractivity contribution is 5.98. The molecule has 4 rings (SSSR count). The van der Waals surface area contributed by atoms with Crippen molar-refractivity contribution in [3.05, 3.63) is 68.8 Å². The van der Waals surface area contributed by atoms with Gasteiger partial charge >= 0.3 is 11.2 Å². The van der Waals surface area contributed by atoms with Crippen LogP contribution in [0, 0.1) is 16.0 Å². The van der Waals surface area contributed by atoms with Crippen LogP contribution in [0.5, 0.6) is 0 Å². The normalized spacial score (nSPS) is 15.0.